The summed E-state index contributed by atoms with van der Waals surface area (Å²) in [6, 6.07) is 12.5. The van der Waals surface area contributed by atoms with Crippen molar-refractivity contribution in [2.45, 2.75) is 0 Å². The first-order chi connectivity index (χ1) is 11.4. The summed E-state index contributed by atoms with van der Waals surface area (Å²) in [6.07, 6.45) is 4.11. The van der Waals surface area contributed by atoms with Gasteiger partial charge in [-0.05, 0) is 42.1 Å². The van der Waals surface area contributed by atoms with Crippen LogP contribution in [0.15, 0.2) is 54.4 Å². The number of H-pyrrole nitrogens is 1. The molecule has 5 nitrogen and oxygen atoms in total. The fourth-order valence-electron chi connectivity index (χ4n) is 3.52. The molecule has 0 saturated carbocycles. The minimum absolute atomic E-state index is 0.632. The molecule has 0 bridgehead atoms. The molecule has 2 aromatic heterocycles. The lowest BCUT2D eigenvalue weighted by Gasteiger charge is -2.16. The van der Waals surface area contributed by atoms with Crippen LogP contribution >= 0.6 is 0 Å². The van der Waals surface area contributed by atoms with Crippen molar-refractivity contribution < 1.29 is 0 Å². The standard InChI is InChI=1S/C18H17N5/c1-2-16-13(5-6-20-16)7-12(1)17-3-4-18(22-21-17)23-10-14-8-19-9-15(14)11-23/h1-8,15,19-20H,9-11H2. The van der Waals surface area contributed by atoms with Gasteiger partial charge in [-0.15, -0.1) is 10.2 Å². The summed E-state index contributed by atoms with van der Waals surface area (Å²) in [4.78, 5) is 5.52. The first-order valence-electron chi connectivity index (χ1n) is 7.95. The number of hydrogen-bond donors (Lipinski definition) is 2. The SMILES string of the molecule is C1=C2CN(c3ccc(-c4ccc5[nH]ccc5c4)nn3)CC2CN1. The number of rotatable bonds is 2. The molecule has 1 fully saturated rings. The van der Waals surface area contributed by atoms with Crippen LogP contribution in [0.2, 0.25) is 0 Å². The molecule has 23 heavy (non-hydrogen) atoms. The molecule has 114 valence electrons. The summed E-state index contributed by atoms with van der Waals surface area (Å²) >= 11 is 0. The van der Waals surface area contributed by atoms with Crippen LogP contribution in [0.5, 0.6) is 0 Å². The molecule has 1 unspecified atom stereocenters. The number of anilines is 1. The van der Waals surface area contributed by atoms with E-state index in [-0.39, 0.29) is 0 Å². The van der Waals surface area contributed by atoms with Gasteiger partial charge < -0.3 is 15.2 Å². The number of aromatic amines is 1. The van der Waals surface area contributed by atoms with Crippen molar-refractivity contribution in [2.24, 2.45) is 5.92 Å². The van der Waals surface area contributed by atoms with Gasteiger partial charge in [0.2, 0.25) is 0 Å². The highest BCUT2D eigenvalue weighted by Crippen LogP contribution is 2.29. The van der Waals surface area contributed by atoms with Crippen molar-refractivity contribution in [2.75, 3.05) is 24.5 Å². The maximum atomic E-state index is 4.45. The zero-order valence-electron chi connectivity index (χ0n) is 12.7. The van der Waals surface area contributed by atoms with E-state index in [4.69, 9.17) is 0 Å². The van der Waals surface area contributed by atoms with Gasteiger partial charge in [0.25, 0.3) is 0 Å². The smallest absolute Gasteiger partial charge is 0.151 e. The van der Waals surface area contributed by atoms with Gasteiger partial charge >= 0.3 is 0 Å². The van der Waals surface area contributed by atoms with E-state index in [9.17, 15) is 0 Å². The van der Waals surface area contributed by atoms with Gasteiger partial charge in [-0.1, -0.05) is 6.07 Å². The molecule has 0 amide bonds. The fourth-order valence-corrected chi connectivity index (χ4v) is 3.52. The molecule has 3 aromatic rings. The number of aromatic nitrogens is 3. The highest BCUT2D eigenvalue weighted by atomic mass is 15.3. The Morgan fingerprint density at radius 2 is 2.09 bits per heavy atom. The lowest BCUT2D eigenvalue weighted by Crippen LogP contribution is -2.24. The number of hydrogen-bond acceptors (Lipinski definition) is 4. The molecule has 2 aliphatic heterocycles. The van der Waals surface area contributed by atoms with Crippen LogP contribution < -0.4 is 10.2 Å². The quantitative estimate of drug-likeness (QED) is 0.764. The molecular weight excluding hydrogens is 286 g/mol. The third-order valence-corrected chi connectivity index (χ3v) is 4.81. The van der Waals surface area contributed by atoms with E-state index in [2.05, 4.69) is 68.0 Å². The fraction of sp³-hybridized carbons (Fsp3) is 0.222. The van der Waals surface area contributed by atoms with Gasteiger partial charge in [-0.3, -0.25) is 0 Å². The van der Waals surface area contributed by atoms with E-state index < -0.39 is 0 Å². The monoisotopic (exact) mass is 303 g/mol. The third-order valence-electron chi connectivity index (χ3n) is 4.81. The maximum absolute atomic E-state index is 4.45. The molecule has 1 atom stereocenters. The second-order valence-corrected chi connectivity index (χ2v) is 6.26. The molecule has 4 heterocycles. The highest BCUT2D eigenvalue weighted by Gasteiger charge is 2.30. The van der Waals surface area contributed by atoms with Crippen molar-refractivity contribution in [1.82, 2.24) is 20.5 Å². The average Bonchev–Trinajstić information content (AvgIpc) is 3.29. The molecule has 5 rings (SSSR count). The van der Waals surface area contributed by atoms with Gasteiger partial charge in [0.05, 0.1) is 5.69 Å². The molecule has 0 aliphatic carbocycles. The summed E-state index contributed by atoms with van der Waals surface area (Å²) in [7, 11) is 0. The lowest BCUT2D eigenvalue weighted by molar-refractivity contribution is 0.674. The minimum atomic E-state index is 0.632. The summed E-state index contributed by atoms with van der Waals surface area (Å²) in [5.74, 6) is 1.60. The Kier molecular flexibility index (Phi) is 2.67. The number of nitrogens with one attached hydrogen (secondary N) is 2. The van der Waals surface area contributed by atoms with Gasteiger partial charge in [0, 0.05) is 48.2 Å². The average molecular weight is 303 g/mol. The van der Waals surface area contributed by atoms with E-state index in [0.29, 0.717) is 5.92 Å². The Labute approximate surface area is 134 Å². The van der Waals surface area contributed by atoms with E-state index in [1.165, 1.54) is 11.0 Å². The Bertz CT molecular complexity index is 893. The summed E-state index contributed by atoms with van der Waals surface area (Å²) < 4.78 is 0. The second-order valence-electron chi connectivity index (χ2n) is 6.26. The number of fused-ring (bicyclic) bond motifs is 2. The predicted molar refractivity (Wildman–Crippen MR) is 91.1 cm³/mol. The Hall–Kier alpha value is -2.82. The van der Waals surface area contributed by atoms with Gasteiger partial charge in [-0.2, -0.15) is 0 Å². The van der Waals surface area contributed by atoms with Crippen LogP contribution in [0, 0.1) is 5.92 Å². The second kappa shape index (κ2) is 4.84. The minimum Gasteiger partial charge on any atom is -0.390 e. The summed E-state index contributed by atoms with van der Waals surface area (Å²) in [6.45, 7) is 3.04. The molecule has 2 aliphatic rings. The predicted octanol–water partition coefficient (Wildman–Crippen LogP) is 2.55. The van der Waals surface area contributed by atoms with Gasteiger partial charge in [-0.25, -0.2) is 0 Å². The third kappa shape index (κ3) is 2.08. The van der Waals surface area contributed by atoms with Crippen molar-refractivity contribution in [3.63, 3.8) is 0 Å². The molecule has 1 aromatic carbocycles. The molecular formula is C18H17N5. The topological polar surface area (TPSA) is 56.8 Å². The Morgan fingerprint density at radius 3 is 2.96 bits per heavy atom. The highest BCUT2D eigenvalue weighted by molar-refractivity contribution is 5.84. The largest absolute Gasteiger partial charge is 0.390 e. The zero-order chi connectivity index (χ0) is 15.2. The zero-order valence-corrected chi connectivity index (χ0v) is 12.7. The molecule has 0 spiro atoms. The van der Waals surface area contributed by atoms with Crippen LogP contribution in [0.25, 0.3) is 22.2 Å². The van der Waals surface area contributed by atoms with E-state index in [1.54, 1.807) is 0 Å². The van der Waals surface area contributed by atoms with Gasteiger partial charge in [0.1, 0.15) is 0 Å². The number of nitrogens with zero attached hydrogens (tertiary/aromatic N) is 3. The van der Waals surface area contributed by atoms with Crippen molar-refractivity contribution in [1.29, 1.82) is 0 Å². The van der Waals surface area contributed by atoms with Crippen LogP contribution in [-0.4, -0.2) is 34.8 Å². The van der Waals surface area contributed by atoms with E-state index in [1.807, 2.05) is 6.20 Å². The van der Waals surface area contributed by atoms with Crippen molar-refractivity contribution in [3.8, 4) is 11.3 Å². The Balaban J connectivity index is 1.43. The summed E-state index contributed by atoms with van der Waals surface area (Å²) in [5.41, 5.74) is 4.64. The maximum Gasteiger partial charge on any atom is 0.151 e. The number of benzene rings is 1. The molecule has 5 heteroatoms. The van der Waals surface area contributed by atoms with E-state index in [0.717, 1.165) is 42.2 Å². The Morgan fingerprint density at radius 1 is 1.09 bits per heavy atom. The first-order valence-corrected chi connectivity index (χ1v) is 7.95. The van der Waals surface area contributed by atoms with Gasteiger partial charge in [0.15, 0.2) is 5.82 Å². The lowest BCUT2D eigenvalue weighted by atomic mass is 10.1. The van der Waals surface area contributed by atoms with Crippen LogP contribution in [0.4, 0.5) is 5.82 Å². The van der Waals surface area contributed by atoms with Crippen molar-refractivity contribution >= 4 is 16.7 Å². The molecule has 2 N–H and O–H groups in total. The van der Waals surface area contributed by atoms with Crippen LogP contribution in [-0.2, 0) is 0 Å². The van der Waals surface area contributed by atoms with E-state index >= 15 is 0 Å². The van der Waals surface area contributed by atoms with Crippen LogP contribution in [0.1, 0.15) is 0 Å². The molecule has 1 saturated heterocycles. The molecule has 0 radical (unpaired) electrons. The summed E-state index contributed by atoms with van der Waals surface area (Å²) in [5, 5.41) is 13.4. The normalized spacial score (nSPS) is 19.7. The van der Waals surface area contributed by atoms with Crippen molar-refractivity contribution in [3.05, 3.63) is 54.4 Å². The van der Waals surface area contributed by atoms with Crippen LogP contribution in [0.3, 0.4) is 0 Å². The first kappa shape index (κ1) is 12.7.